The van der Waals surface area contributed by atoms with Crippen molar-refractivity contribution in [2.45, 2.75) is 19.3 Å². The molecule has 2 rings (SSSR count). The summed E-state index contributed by atoms with van der Waals surface area (Å²) < 4.78 is 5.54. The van der Waals surface area contributed by atoms with Gasteiger partial charge in [0.1, 0.15) is 10.9 Å². The molecule has 0 atom stereocenters. The van der Waals surface area contributed by atoms with Crippen LogP contribution in [0.1, 0.15) is 19.3 Å². The first kappa shape index (κ1) is 8.82. The molecule has 0 spiro atoms. The van der Waals surface area contributed by atoms with Crippen LogP contribution < -0.4 is 0 Å². The molecule has 1 fully saturated rings. The summed E-state index contributed by atoms with van der Waals surface area (Å²) in [5.74, 6) is 1.60. The molecule has 0 saturated heterocycles. The maximum Gasteiger partial charge on any atom is 0.137 e. The van der Waals surface area contributed by atoms with Crippen molar-refractivity contribution in [1.82, 2.24) is 0 Å². The zero-order valence-electron chi connectivity index (χ0n) is 7.37. The van der Waals surface area contributed by atoms with Crippen LogP contribution in [0.25, 0.3) is 0 Å². The third-order valence-electron chi connectivity index (χ3n) is 2.08. The van der Waals surface area contributed by atoms with Crippen molar-refractivity contribution in [2.24, 2.45) is 10.9 Å². The highest BCUT2D eigenvalue weighted by atomic mass is 35.5. The van der Waals surface area contributed by atoms with E-state index in [0.717, 1.165) is 18.3 Å². The molecule has 13 heavy (non-hydrogen) atoms. The topological polar surface area (TPSA) is 21.6 Å². The Bertz CT molecular complexity index is 277. The first-order chi connectivity index (χ1) is 6.34. The molecule has 0 aromatic heterocycles. The Balaban J connectivity index is 1.88. The third kappa shape index (κ3) is 2.88. The zero-order valence-corrected chi connectivity index (χ0v) is 8.13. The van der Waals surface area contributed by atoms with Gasteiger partial charge in [0, 0.05) is 6.42 Å². The van der Waals surface area contributed by atoms with Crippen molar-refractivity contribution in [3.8, 4) is 0 Å². The quantitative estimate of drug-likeness (QED) is 0.682. The van der Waals surface area contributed by atoms with E-state index in [4.69, 9.17) is 16.3 Å². The number of allylic oxidation sites excluding steroid dienone is 2. The van der Waals surface area contributed by atoms with Crippen LogP contribution in [0.5, 0.6) is 0 Å². The van der Waals surface area contributed by atoms with Crippen molar-refractivity contribution in [1.29, 1.82) is 0 Å². The summed E-state index contributed by atoms with van der Waals surface area (Å²) in [7, 11) is 0. The molecular formula is C10H12ClNO. The van der Waals surface area contributed by atoms with Crippen LogP contribution in [0.2, 0.25) is 0 Å². The smallest absolute Gasteiger partial charge is 0.137 e. The molecule has 1 saturated carbocycles. The lowest BCUT2D eigenvalue weighted by Crippen LogP contribution is -1.94. The zero-order chi connectivity index (χ0) is 9.10. The van der Waals surface area contributed by atoms with E-state index in [1.54, 1.807) is 6.20 Å². The Morgan fingerprint density at radius 1 is 1.54 bits per heavy atom. The number of hydrogen-bond acceptors (Lipinski definition) is 2. The normalized spacial score (nSPS) is 21.9. The van der Waals surface area contributed by atoms with E-state index in [1.807, 2.05) is 12.2 Å². The fourth-order valence-corrected chi connectivity index (χ4v) is 1.22. The highest BCUT2D eigenvalue weighted by Crippen LogP contribution is 2.29. The first-order valence-corrected chi connectivity index (χ1v) is 4.94. The fourth-order valence-electron chi connectivity index (χ4n) is 1.09. The standard InChI is InChI=1S/C10H12ClNO/c11-10-3-1-2-9(6-12-10)13-7-8-4-5-8/h1-2,6,8H,3-5,7H2. The largest absolute Gasteiger partial charge is 0.492 e. The summed E-state index contributed by atoms with van der Waals surface area (Å²) in [4.78, 5) is 4.04. The Labute approximate surface area is 82.9 Å². The van der Waals surface area contributed by atoms with Gasteiger partial charge in [0.2, 0.25) is 0 Å². The molecule has 1 aliphatic heterocycles. The lowest BCUT2D eigenvalue weighted by Gasteiger charge is -2.03. The minimum absolute atomic E-state index is 0.612. The molecule has 1 heterocycles. The molecule has 3 heteroatoms. The van der Waals surface area contributed by atoms with Gasteiger partial charge in [0.15, 0.2) is 0 Å². The predicted molar refractivity (Wildman–Crippen MR) is 53.8 cm³/mol. The minimum Gasteiger partial charge on any atom is -0.492 e. The lowest BCUT2D eigenvalue weighted by molar-refractivity contribution is 0.210. The molecule has 2 nitrogen and oxygen atoms in total. The Morgan fingerprint density at radius 3 is 3.15 bits per heavy atom. The summed E-state index contributed by atoms with van der Waals surface area (Å²) in [6.07, 6.45) is 8.91. The second-order valence-corrected chi connectivity index (χ2v) is 3.83. The van der Waals surface area contributed by atoms with Crippen LogP contribution in [-0.2, 0) is 4.74 Å². The molecule has 1 aliphatic carbocycles. The maximum absolute atomic E-state index is 5.76. The van der Waals surface area contributed by atoms with Gasteiger partial charge in [-0.05, 0) is 24.8 Å². The van der Waals surface area contributed by atoms with Gasteiger partial charge in [-0.15, -0.1) is 0 Å². The van der Waals surface area contributed by atoms with Gasteiger partial charge in [-0.1, -0.05) is 17.7 Å². The van der Waals surface area contributed by atoms with Gasteiger partial charge in [0.25, 0.3) is 0 Å². The van der Waals surface area contributed by atoms with Crippen molar-refractivity contribution >= 4 is 16.8 Å². The molecule has 70 valence electrons. The summed E-state index contributed by atoms with van der Waals surface area (Å²) in [5, 5.41) is 0.612. The molecule has 0 aromatic rings. The highest BCUT2D eigenvalue weighted by molar-refractivity contribution is 6.65. The Hall–Kier alpha value is -0.760. The minimum atomic E-state index is 0.612. The van der Waals surface area contributed by atoms with E-state index < -0.39 is 0 Å². The number of halogens is 1. The van der Waals surface area contributed by atoms with E-state index >= 15 is 0 Å². The van der Waals surface area contributed by atoms with E-state index in [1.165, 1.54) is 12.8 Å². The summed E-state index contributed by atoms with van der Waals surface area (Å²) in [6.45, 7) is 0.823. The molecular weight excluding hydrogens is 186 g/mol. The molecule has 0 amide bonds. The van der Waals surface area contributed by atoms with Crippen LogP contribution in [-0.4, -0.2) is 11.8 Å². The van der Waals surface area contributed by atoms with Crippen LogP contribution in [0, 0.1) is 5.92 Å². The molecule has 2 aliphatic rings. The third-order valence-corrected chi connectivity index (χ3v) is 2.33. The van der Waals surface area contributed by atoms with Crippen molar-refractivity contribution in [3.05, 3.63) is 24.1 Å². The summed E-state index contributed by atoms with van der Waals surface area (Å²) in [5.41, 5.74) is 0. The van der Waals surface area contributed by atoms with Gasteiger partial charge < -0.3 is 4.74 Å². The van der Waals surface area contributed by atoms with Gasteiger partial charge in [-0.2, -0.15) is 0 Å². The monoisotopic (exact) mass is 197 g/mol. The van der Waals surface area contributed by atoms with Gasteiger partial charge in [-0.3, -0.25) is 0 Å². The molecule has 0 N–H and O–H groups in total. The van der Waals surface area contributed by atoms with E-state index in [2.05, 4.69) is 4.99 Å². The van der Waals surface area contributed by atoms with Gasteiger partial charge >= 0.3 is 0 Å². The molecule has 0 aromatic carbocycles. The number of hydrogen-bond donors (Lipinski definition) is 0. The number of aliphatic imine (C=N–C) groups is 1. The number of ether oxygens (including phenoxy) is 1. The predicted octanol–water partition coefficient (Wildman–Crippen LogP) is 2.85. The van der Waals surface area contributed by atoms with Crippen LogP contribution in [0.4, 0.5) is 0 Å². The van der Waals surface area contributed by atoms with Crippen molar-refractivity contribution in [3.63, 3.8) is 0 Å². The molecule has 0 unspecified atom stereocenters. The van der Waals surface area contributed by atoms with E-state index in [9.17, 15) is 0 Å². The number of nitrogens with zero attached hydrogens (tertiary/aromatic N) is 1. The van der Waals surface area contributed by atoms with Crippen LogP contribution >= 0.6 is 11.6 Å². The van der Waals surface area contributed by atoms with E-state index in [0.29, 0.717) is 11.6 Å². The van der Waals surface area contributed by atoms with E-state index in [-0.39, 0.29) is 0 Å². The molecule has 0 bridgehead atoms. The SMILES string of the molecule is ClC1=NC=C(OCC2CC2)C=CC1. The number of rotatable bonds is 3. The fraction of sp³-hybridized carbons (Fsp3) is 0.500. The van der Waals surface area contributed by atoms with Crippen LogP contribution in [0.15, 0.2) is 29.1 Å². The lowest BCUT2D eigenvalue weighted by atomic mass is 10.4. The maximum atomic E-state index is 5.76. The summed E-state index contributed by atoms with van der Waals surface area (Å²) in [6, 6.07) is 0. The van der Waals surface area contributed by atoms with Gasteiger partial charge in [-0.25, -0.2) is 4.99 Å². The second-order valence-electron chi connectivity index (χ2n) is 3.40. The Morgan fingerprint density at radius 2 is 2.38 bits per heavy atom. The first-order valence-electron chi connectivity index (χ1n) is 4.56. The average Bonchev–Trinajstić information content (AvgIpc) is 2.90. The van der Waals surface area contributed by atoms with Crippen molar-refractivity contribution < 1.29 is 4.74 Å². The second kappa shape index (κ2) is 3.97. The molecule has 0 radical (unpaired) electrons. The summed E-state index contributed by atoms with van der Waals surface area (Å²) >= 11 is 5.76. The van der Waals surface area contributed by atoms with Crippen molar-refractivity contribution in [2.75, 3.05) is 6.61 Å². The van der Waals surface area contributed by atoms with Gasteiger partial charge in [0.05, 0.1) is 12.8 Å². The highest BCUT2D eigenvalue weighted by Gasteiger charge is 2.21. The Kier molecular flexibility index (Phi) is 2.69. The van der Waals surface area contributed by atoms with Crippen LogP contribution in [0.3, 0.4) is 0 Å². The average molecular weight is 198 g/mol.